The highest BCUT2D eigenvalue weighted by molar-refractivity contribution is 5.86. The van der Waals surface area contributed by atoms with Crippen LogP contribution in [0.4, 0.5) is 11.5 Å². The van der Waals surface area contributed by atoms with Crippen LogP contribution in [0.5, 0.6) is 0 Å². The first-order chi connectivity index (χ1) is 10.9. The minimum absolute atomic E-state index is 0.799. The quantitative estimate of drug-likeness (QED) is 0.803. The Bertz CT molecular complexity index is 821. The fourth-order valence-electron chi connectivity index (χ4n) is 3.13. The summed E-state index contributed by atoms with van der Waals surface area (Å²) in [5.74, 6) is 1.93. The summed E-state index contributed by atoms with van der Waals surface area (Å²) < 4.78 is 2.23. The third kappa shape index (κ3) is 2.13. The fraction of sp³-hybridized carbons (Fsp3) is 0.353. The number of para-hydroxylation sites is 1. The minimum atomic E-state index is 0.799. The number of hydrogen-bond donors (Lipinski definition) is 1. The number of nitrogens with one attached hydrogen (secondary N) is 1. The minimum Gasteiger partial charge on any atom is -0.338 e. The van der Waals surface area contributed by atoms with Gasteiger partial charge in [-0.3, -0.25) is 0 Å². The summed E-state index contributed by atoms with van der Waals surface area (Å²) in [5, 5.41) is 3.45. The van der Waals surface area contributed by atoms with Crippen molar-refractivity contribution in [2.24, 2.45) is 0 Å². The van der Waals surface area contributed by atoms with E-state index in [0.717, 1.165) is 47.9 Å². The first kappa shape index (κ1) is 13.2. The molecular weight excluding hydrogens is 274 g/mol. The van der Waals surface area contributed by atoms with Gasteiger partial charge in [-0.05, 0) is 30.9 Å². The highest BCUT2D eigenvalue weighted by Crippen LogP contribution is 2.27. The molecule has 1 aliphatic heterocycles. The SMILES string of the molecule is CCc1ccccc1Nc1ncnc2c1nc1n2CCCC1. The van der Waals surface area contributed by atoms with Crippen LogP contribution in [0.25, 0.3) is 11.2 Å². The molecule has 0 bridgehead atoms. The van der Waals surface area contributed by atoms with Gasteiger partial charge in [0.25, 0.3) is 0 Å². The molecule has 1 aliphatic rings. The van der Waals surface area contributed by atoms with E-state index in [0.29, 0.717) is 0 Å². The van der Waals surface area contributed by atoms with Gasteiger partial charge in [-0.2, -0.15) is 0 Å². The van der Waals surface area contributed by atoms with E-state index in [2.05, 4.69) is 45.0 Å². The normalized spacial score (nSPS) is 14.0. The fourth-order valence-corrected chi connectivity index (χ4v) is 3.13. The Morgan fingerprint density at radius 1 is 1.18 bits per heavy atom. The first-order valence-corrected chi connectivity index (χ1v) is 7.92. The van der Waals surface area contributed by atoms with Gasteiger partial charge in [-0.1, -0.05) is 25.1 Å². The largest absolute Gasteiger partial charge is 0.338 e. The van der Waals surface area contributed by atoms with Crippen molar-refractivity contribution in [1.29, 1.82) is 0 Å². The highest BCUT2D eigenvalue weighted by Gasteiger charge is 2.18. The van der Waals surface area contributed by atoms with Gasteiger partial charge in [0.2, 0.25) is 0 Å². The molecule has 112 valence electrons. The smallest absolute Gasteiger partial charge is 0.165 e. The molecule has 1 N–H and O–H groups in total. The van der Waals surface area contributed by atoms with Crippen LogP contribution < -0.4 is 5.32 Å². The second kappa shape index (κ2) is 5.40. The van der Waals surface area contributed by atoms with E-state index in [9.17, 15) is 0 Å². The summed E-state index contributed by atoms with van der Waals surface area (Å²) in [6.07, 6.45) is 6.04. The summed E-state index contributed by atoms with van der Waals surface area (Å²) in [7, 11) is 0. The van der Waals surface area contributed by atoms with E-state index in [4.69, 9.17) is 4.98 Å². The van der Waals surface area contributed by atoms with Crippen molar-refractivity contribution >= 4 is 22.7 Å². The number of fused-ring (bicyclic) bond motifs is 3. The molecule has 4 rings (SSSR count). The molecule has 0 atom stereocenters. The van der Waals surface area contributed by atoms with Crippen molar-refractivity contribution in [1.82, 2.24) is 19.5 Å². The maximum atomic E-state index is 4.78. The van der Waals surface area contributed by atoms with Crippen LogP contribution >= 0.6 is 0 Å². The molecule has 22 heavy (non-hydrogen) atoms. The van der Waals surface area contributed by atoms with Gasteiger partial charge >= 0.3 is 0 Å². The van der Waals surface area contributed by atoms with E-state index in [-0.39, 0.29) is 0 Å². The maximum Gasteiger partial charge on any atom is 0.165 e. The van der Waals surface area contributed by atoms with E-state index in [1.165, 1.54) is 18.4 Å². The van der Waals surface area contributed by atoms with Crippen LogP contribution in [-0.4, -0.2) is 19.5 Å². The predicted octanol–water partition coefficient (Wildman–Crippen LogP) is 3.47. The second-order valence-corrected chi connectivity index (χ2v) is 5.67. The Morgan fingerprint density at radius 3 is 3.00 bits per heavy atom. The molecule has 0 amide bonds. The Labute approximate surface area is 129 Å². The second-order valence-electron chi connectivity index (χ2n) is 5.67. The Hall–Kier alpha value is -2.43. The molecule has 0 unspecified atom stereocenters. The zero-order chi connectivity index (χ0) is 14.9. The topological polar surface area (TPSA) is 55.6 Å². The number of rotatable bonds is 3. The third-order valence-corrected chi connectivity index (χ3v) is 4.29. The van der Waals surface area contributed by atoms with Crippen molar-refractivity contribution in [3.05, 3.63) is 42.0 Å². The standard InChI is InChI=1S/C17H19N5/c1-2-12-7-3-4-8-13(12)20-16-15-17(19-11-18-16)22-10-6-5-9-14(22)21-15/h3-4,7-8,11H,2,5-6,9-10H2,1H3,(H,18,19,20). The van der Waals surface area contributed by atoms with Crippen molar-refractivity contribution in [2.45, 2.75) is 39.2 Å². The van der Waals surface area contributed by atoms with E-state index >= 15 is 0 Å². The lowest BCUT2D eigenvalue weighted by molar-refractivity contribution is 0.530. The van der Waals surface area contributed by atoms with Gasteiger partial charge in [0, 0.05) is 18.7 Å². The molecule has 0 spiro atoms. The van der Waals surface area contributed by atoms with Crippen LogP contribution in [0.15, 0.2) is 30.6 Å². The number of aromatic nitrogens is 4. The molecule has 0 saturated carbocycles. The third-order valence-electron chi connectivity index (χ3n) is 4.29. The van der Waals surface area contributed by atoms with Gasteiger partial charge in [-0.25, -0.2) is 15.0 Å². The van der Waals surface area contributed by atoms with Crippen molar-refractivity contribution in [2.75, 3.05) is 5.32 Å². The summed E-state index contributed by atoms with van der Waals surface area (Å²) in [4.78, 5) is 13.7. The van der Waals surface area contributed by atoms with Crippen LogP contribution in [0, 0.1) is 0 Å². The molecule has 0 aliphatic carbocycles. The summed E-state index contributed by atoms with van der Waals surface area (Å²) in [5.41, 5.74) is 4.20. The Balaban J connectivity index is 1.80. The van der Waals surface area contributed by atoms with E-state index in [1.54, 1.807) is 6.33 Å². The molecule has 0 fully saturated rings. The lowest BCUT2D eigenvalue weighted by atomic mass is 10.1. The summed E-state index contributed by atoms with van der Waals surface area (Å²) in [6, 6.07) is 8.33. The van der Waals surface area contributed by atoms with Crippen LogP contribution in [0.3, 0.4) is 0 Å². The number of aryl methyl sites for hydroxylation is 3. The molecule has 3 aromatic rings. The van der Waals surface area contributed by atoms with Gasteiger partial charge in [0.15, 0.2) is 17.0 Å². The van der Waals surface area contributed by atoms with E-state index < -0.39 is 0 Å². The molecule has 0 saturated heterocycles. The van der Waals surface area contributed by atoms with Gasteiger partial charge < -0.3 is 9.88 Å². The first-order valence-electron chi connectivity index (χ1n) is 7.92. The number of hydrogen-bond acceptors (Lipinski definition) is 4. The number of imidazole rings is 1. The number of nitrogens with zero attached hydrogens (tertiary/aromatic N) is 4. The van der Waals surface area contributed by atoms with Gasteiger partial charge in [0.05, 0.1) is 0 Å². The molecule has 5 nitrogen and oxygen atoms in total. The zero-order valence-electron chi connectivity index (χ0n) is 12.7. The lowest BCUT2D eigenvalue weighted by Crippen LogP contribution is -2.10. The van der Waals surface area contributed by atoms with Gasteiger partial charge in [-0.15, -0.1) is 0 Å². The zero-order valence-corrected chi connectivity index (χ0v) is 12.7. The number of benzene rings is 1. The molecule has 3 heterocycles. The van der Waals surface area contributed by atoms with Crippen molar-refractivity contribution < 1.29 is 0 Å². The van der Waals surface area contributed by atoms with Crippen molar-refractivity contribution in [3.8, 4) is 0 Å². The van der Waals surface area contributed by atoms with E-state index in [1.807, 2.05) is 6.07 Å². The molecule has 2 aromatic heterocycles. The number of anilines is 2. The summed E-state index contributed by atoms with van der Waals surface area (Å²) in [6.45, 7) is 3.17. The lowest BCUT2D eigenvalue weighted by Gasteiger charge is -2.13. The average molecular weight is 293 g/mol. The average Bonchev–Trinajstić information content (AvgIpc) is 2.95. The monoisotopic (exact) mass is 293 g/mol. The highest BCUT2D eigenvalue weighted by atomic mass is 15.2. The molecular formula is C17H19N5. The van der Waals surface area contributed by atoms with Crippen LogP contribution in [0.2, 0.25) is 0 Å². The van der Waals surface area contributed by atoms with Crippen molar-refractivity contribution in [3.63, 3.8) is 0 Å². The summed E-state index contributed by atoms with van der Waals surface area (Å²) >= 11 is 0. The predicted molar refractivity (Wildman–Crippen MR) is 87.4 cm³/mol. The Morgan fingerprint density at radius 2 is 2.09 bits per heavy atom. The van der Waals surface area contributed by atoms with Gasteiger partial charge in [0.1, 0.15) is 12.2 Å². The van der Waals surface area contributed by atoms with Crippen LogP contribution in [0.1, 0.15) is 31.2 Å². The molecule has 1 aromatic carbocycles. The molecule has 0 radical (unpaired) electrons. The maximum absolute atomic E-state index is 4.78. The molecule has 5 heteroatoms. The van der Waals surface area contributed by atoms with Crippen LogP contribution in [-0.2, 0) is 19.4 Å². The Kier molecular flexibility index (Phi) is 3.25.